The van der Waals surface area contributed by atoms with E-state index in [9.17, 15) is 5.11 Å². The first-order chi connectivity index (χ1) is 9.70. The summed E-state index contributed by atoms with van der Waals surface area (Å²) in [6.07, 6.45) is -0.461. The van der Waals surface area contributed by atoms with Gasteiger partial charge in [-0.2, -0.15) is 0 Å². The van der Waals surface area contributed by atoms with E-state index < -0.39 is 6.10 Å². The Labute approximate surface area is 123 Å². The minimum Gasteiger partial charge on any atom is -0.497 e. The molecule has 0 spiro atoms. The molecule has 104 valence electrons. The summed E-state index contributed by atoms with van der Waals surface area (Å²) in [5, 5.41) is 10.8. The van der Waals surface area contributed by atoms with E-state index in [1.165, 1.54) is 10.5 Å². The van der Waals surface area contributed by atoms with Crippen molar-refractivity contribution in [1.82, 2.24) is 0 Å². The molecule has 1 aliphatic heterocycles. The number of aliphatic hydroxyl groups is 1. The van der Waals surface area contributed by atoms with Gasteiger partial charge < -0.3 is 9.84 Å². The van der Waals surface area contributed by atoms with Crippen LogP contribution in [0.1, 0.15) is 28.7 Å². The molecule has 0 saturated carbocycles. The fraction of sp³-hybridized carbons (Fsp3) is 0.294. The maximum Gasteiger partial charge on any atom is 0.119 e. The Bertz CT molecular complexity index is 624. The van der Waals surface area contributed by atoms with Crippen molar-refractivity contribution >= 4 is 11.8 Å². The normalized spacial score (nSPS) is 18.6. The van der Waals surface area contributed by atoms with Crippen molar-refractivity contribution in [3.05, 3.63) is 59.2 Å². The highest BCUT2D eigenvalue weighted by Gasteiger charge is 2.30. The van der Waals surface area contributed by atoms with Gasteiger partial charge in [-0.3, -0.25) is 0 Å². The lowest BCUT2D eigenvalue weighted by Gasteiger charge is -2.21. The maximum absolute atomic E-state index is 10.8. The second-order valence-electron chi connectivity index (χ2n) is 5.12. The highest BCUT2D eigenvalue weighted by Crippen LogP contribution is 2.46. The van der Waals surface area contributed by atoms with Gasteiger partial charge in [-0.1, -0.05) is 24.3 Å². The van der Waals surface area contributed by atoms with Crippen LogP contribution in [0.15, 0.2) is 47.4 Å². The first-order valence-electron chi connectivity index (χ1n) is 6.75. The monoisotopic (exact) mass is 286 g/mol. The van der Waals surface area contributed by atoms with Crippen LogP contribution >= 0.6 is 11.8 Å². The molecule has 1 aliphatic rings. The lowest BCUT2D eigenvalue weighted by atomic mass is 9.89. The Morgan fingerprint density at radius 2 is 2.05 bits per heavy atom. The predicted molar refractivity (Wildman–Crippen MR) is 82.6 cm³/mol. The van der Waals surface area contributed by atoms with Crippen molar-refractivity contribution in [2.75, 3.05) is 12.9 Å². The second-order valence-corrected chi connectivity index (χ2v) is 6.18. The van der Waals surface area contributed by atoms with Crippen LogP contribution in [0.25, 0.3) is 0 Å². The summed E-state index contributed by atoms with van der Waals surface area (Å²) in [6.45, 7) is 2.02. The molecule has 0 saturated heterocycles. The first kappa shape index (κ1) is 13.5. The maximum atomic E-state index is 10.8. The van der Waals surface area contributed by atoms with Crippen LogP contribution in [0.3, 0.4) is 0 Å². The van der Waals surface area contributed by atoms with Crippen LogP contribution in [0.4, 0.5) is 0 Å². The molecule has 3 rings (SSSR count). The summed E-state index contributed by atoms with van der Waals surface area (Å²) in [4.78, 5) is 1.29. The van der Waals surface area contributed by atoms with Gasteiger partial charge in [0.15, 0.2) is 0 Å². The zero-order valence-electron chi connectivity index (χ0n) is 11.7. The molecule has 1 N–H and O–H groups in total. The SMILES string of the molecule is COc1ccc(C(O)C2CSc3ccccc32)c(C)c1. The number of fused-ring (bicyclic) bond motifs is 1. The summed E-state index contributed by atoms with van der Waals surface area (Å²) in [7, 11) is 1.66. The molecule has 2 aromatic rings. The number of hydrogen-bond acceptors (Lipinski definition) is 3. The van der Waals surface area contributed by atoms with Crippen molar-refractivity contribution in [1.29, 1.82) is 0 Å². The largest absolute Gasteiger partial charge is 0.497 e. The van der Waals surface area contributed by atoms with Crippen molar-refractivity contribution in [2.45, 2.75) is 23.8 Å². The molecule has 2 unspecified atom stereocenters. The minimum atomic E-state index is -0.461. The Morgan fingerprint density at radius 1 is 1.25 bits per heavy atom. The molecule has 0 amide bonds. The second kappa shape index (κ2) is 5.51. The average Bonchev–Trinajstić information content (AvgIpc) is 2.90. The lowest BCUT2D eigenvalue weighted by molar-refractivity contribution is 0.153. The highest BCUT2D eigenvalue weighted by molar-refractivity contribution is 7.99. The summed E-state index contributed by atoms with van der Waals surface area (Å²) in [5.74, 6) is 1.94. The molecule has 0 aliphatic carbocycles. The number of hydrogen-bond donors (Lipinski definition) is 1. The molecular weight excluding hydrogens is 268 g/mol. The summed E-state index contributed by atoms with van der Waals surface area (Å²) in [5.41, 5.74) is 3.33. The highest BCUT2D eigenvalue weighted by atomic mass is 32.2. The molecule has 2 aromatic carbocycles. The summed E-state index contributed by atoms with van der Waals surface area (Å²) in [6, 6.07) is 14.2. The first-order valence-corrected chi connectivity index (χ1v) is 7.73. The number of benzene rings is 2. The van der Waals surface area contributed by atoms with Crippen LogP contribution < -0.4 is 4.74 Å². The Hall–Kier alpha value is -1.45. The van der Waals surface area contributed by atoms with Crippen molar-refractivity contribution in [3.63, 3.8) is 0 Å². The zero-order valence-corrected chi connectivity index (χ0v) is 12.5. The lowest BCUT2D eigenvalue weighted by Crippen LogP contribution is -2.11. The number of rotatable bonds is 3. The Morgan fingerprint density at radius 3 is 2.80 bits per heavy atom. The van der Waals surface area contributed by atoms with Crippen molar-refractivity contribution < 1.29 is 9.84 Å². The van der Waals surface area contributed by atoms with Gasteiger partial charge in [-0.25, -0.2) is 0 Å². The number of aliphatic hydroxyl groups excluding tert-OH is 1. The standard InChI is InChI=1S/C17H18O2S/c1-11-9-12(19-2)7-8-13(11)17(18)15-10-20-16-6-4-3-5-14(15)16/h3-9,15,17-18H,10H2,1-2H3. The van der Waals surface area contributed by atoms with E-state index >= 15 is 0 Å². The van der Waals surface area contributed by atoms with Gasteiger partial charge in [0.05, 0.1) is 13.2 Å². The van der Waals surface area contributed by atoms with Crippen LogP contribution in [-0.4, -0.2) is 18.0 Å². The Kier molecular flexibility index (Phi) is 3.72. The van der Waals surface area contributed by atoms with E-state index in [0.717, 1.165) is 22.6 Å². The van der Waals surface area contributed by atoms with Crippen molar-refractivity contribution in [3.8, 4) is 5.75 Å². The van der Waals surface area contributed by atoms with Gasteiger partial charge in [0, 0.05) is 16.6 Å². The van der Waals surface area contributed by atoms with E-state index in [1.807, 2.05) is 43.0 Å². The van der Waals surface area contributed by atoms with Crippen LogP contribution in [0.5, 0.6) is 5.75 Å². The number of thioether (sulfide) groups is 1. The minimum absolute atomic E-state index is 0.170. The fourth-order valence-electron chi connectivity index (χ4n) is 2.77. The molecule has 0 aromatic heterocycles. The molecule has 2 nitrogen and oxygen atoms in total. The smallest absolute Gasteiger partial charge is 0.119 e. The van der Waals surface area contributed by atoms with Crippen LogP contribution in [0.2, 0.25) is 0 Å². The molecule has 20 heavy (non-hydrogen) atoms. The average molecular weight is 286 g/mol. The van der Waals surface area contributed by atoms with Crippen molar-refractivity contribution in [2.24, 2.45) is 0 Å². The number of aryl methyl sites for hydroxylation is 1. The van der Waals surface area contributed by atoms with E-state index in [2.05, 4.69) is 18.2 Å². The molecular formula is C17H18O2S. The van der Waals surface area contributed by atoms with Gasteiger partial charge in [-0.05, 0) is 41.8 Å². The topological polar surface area (TPSA) is 29.5 Å². The summed E-state index contributed by atoms with van der Waals surface area (Å²) >= 11 is 1.83. The molecule has 1 heterocycles. The van der Waals surface area contributed by atoms with Gasteiger partial charge in [-0.15, -0.1) is 11.8 Å². The third-order valence-electron chi connectivity index (χ3n) is 3.91. The molecule has 0 bridgehead atoms. The fourth-order valence-corrected chi connectivity index (χ4v) is 4.05. The van der Waals surface area contributed by atoms with Gasteiger partial charge in [0.1, 0.15) is 5.75 Å². The van der Waals surface area contributed by atoms with E-state index in [0.29, 0.717) is 0 Å². The molecule has 0 radical (unpaired) electrons. The third-order valence-corrected chi connectivity index (χ3v) is 5.12. The van der Waals surface area contributed by atoms with Gasteiger partial charge in [0.25, 0.3) is 0 Å². The Balaban J connectivity index is 1.92. The summed E-state index contributed by atoms with van der Waals surface area (Å²) < 4.78 is 5.23. The van der Waals surface area contributed by atoms with Crippen LogP contribution in [-0.2, 0) is 0 Å². The molecule has 0 fully saturated rings. The molecule has 3 heteroatoms. The molecule has 2 atom stereocenters. The van der Waals surface area contributed by atoms with Gasteiger partial charge in [0.2, 0.25) is 0 Å². The van der Waals surface area contributed by atoms with Gasteiger partial charge >= 0.3 is 0 Å². The van der Waals surface area contributed by atoms with E-state index in [4.69, 9.17) is 4.74 Å². The quantitative estimate of drug-likeness (QED) is 0.927. The van der Waals surface area contributed by atoms with E-state index in [-0.39, 0.29) is 5.92 Å². The third kappa shape index (κ3) is 2.32. The van der Waals surface area contributed by atoms with Crippen LogP contribution in [0, 0.1) is 6.92 Å². The number of ether oxygens (including phenoxy) is 1. The predicted octanol–water partition coefficient (Wildman–Crippen LogP) is 3.93. The zero-order chi connectivity index (χ0) is 14.1. The number of methoxy groups -OCH3 is 1. The van der Waals surface area contributed by atoms with E-state index in [1.54, 1.807) is 7.11 Å².